The average molecular weight is 301 g/mol. The van der Waals surface area contributed by atoms with E-state index in [-0.39, 0.29) is 11.9 Å². The van der Waals surface area contributed by atoms with Gasteiger partial charge in [0.15, 0.2) is 0 Å². The molecule has 1 amide bonds. The minimum absolute atomic E-state index is 0.0405. The highest BCUT2D eigenvalue weighted by molar-refractivity contribution is 7.21. The van der Waals surface area contributed by atoms with Gasteiger partial charge in [-0.1, -0.05) is 0 Å². The summed E-state index contributed by atoms with van der Waals surface area (Å²) in [6, 6.07) is 7.42. The summed E-state index contributed by atoms with van der Waals surface area (Å²) in [7, 11) is 0. The molecule has 3 N–H and O–H groups in total. The van der Waals surface area contributed by atoms with Crippen LogP contribution in [-0.4, -0.2) is 16.9 Å². The number of hydrogen-bond donors (Lipinski definition) is 2. The van der Waals surface area contributed by atoms with Gasteiger partial charge in [-0.05, 0) is 31.2 Å². The first-order chi connectivity index (χ1) is 10.1. The molecule has 108 valence electrons. The zero-order chi connectivity index (χ0) is 14.8. The number of nitrogens with zero attached hydrogens (tertiary/aromatic N) is 1. The molecule has 3 aromatic heterocycles. The lowest BCUT2D eigenvalue weighted by Crippen LogP contribution is -2.33. The molecule has 0 aliphatic heterocycles. The molecule has 3 aromatic rings. The highest BCUT2D eigenvalue weighted by atomic mass is 32.1. The minimum Gasteiger partial charge on any atom is -0.469 e. The molecular formula is C15H15N3O2S. The van der Waals surface area contributed by atoms with Crippen LogP contribution in [0.4, 0.5) is 5.69 Å². The predicted octanol–water partition coefficient (Wildman–Crippen LogP) is 2.83. The van der Waals surface area contributed by atoms with E-state index in [4.69, 9.17) is 10.2 Å². The van der Waals surface area contributed by atoms with E-state index in [9.17, 15) is 4.79 Å². The van der Waals surface area contributed by atoms with Gasteiger partial charge < -0.3 is 15.5 Å². The van der Waals surface area contributed by atoms with Gasteiger partial charge in [-0.2, -0.15) is 0 Å². The van der Waals surface area contributed by atoms with E-state index in [0.717, 1.165) is 10.5 Å². The molecule has 3 heterocycles. The maximum absolute atomic E-state index is 12.3. The van der Waals surface area contributed by atoms with E-state index in [0.29, 0.717) is 22.5 Å². The maximum Gasteiger partial charge on any atom is 0.263 e. The summed E-state index contributed by atoms with van der Waals surface area (Å²) in [6.07, 6.45) is 3.94. The molecule has 6 heteroatoms. The Hall–Kier alpha value is -2.34. The Morgan fingerprint density at radius 1 is 1.48 bits per heavy atom. The summed E-state index contributed by atoms with van der Waals surface area (Å²) >= 11 is 1.36. The van der Waals surface area contributed by atoms with Crippen LogP contribution in [0.1, 0.15) is 22.4 Å². The molecule has 0 bridgehead atoms. The third-order valence-electron chi connectivity index (χ3n) is 3.15. The van der Waals surface area contributed by atoms with Crippen LogP contribution in [-0.2, 0) is 6.42 Å². The van der Waals surface area contributed by atoms with Crippen molar-refractivity contribution in [3.8, 4) is 0 Å². The number of nitrogens with one attached hydrogen (secondary N) is 1. The number of amides is 1. The van der Waals surface area contributed by atoms with Crippen molar-refractivity contribution in [3.63, 3.8) is 0 Å². The Labute approximate surface area is 125 Å². The molecule has 1 unspecified atom stereocenters. The Morgan fingerprint density at radius 3 is 3.05 bits per heavy atom. The van der Waals surface area contributed by atoms with Gasteiger partial charge in [-0.25, -0.2) is 0 Å². The molecule has 0 aliphatic carbocycles. The number of aromatic nitrogens is 1. The number of carbonyl (C=O) groups is 1. The fourth-order valence-corrected chi connectivity index (χ4v) is 3.17. The molecular weight excluding hydrogens is 286 g/mol. The highest BCUT2D eigenvalue weighted by Crippen LogP contribution is 2.31. The van der Waals surface area contributed by atoms with Crippen molar-refractivity contribution in [2.24, 2.45) is 0 Å². The lowest BCUT2D eigenvalue weighted by Gasteiger charge is -2.11. The summed E-state index contributed by atoms with van der Waals surface area (Å²) in [5, 5.41) is 2.94. The molecule has 0 aromatic carbocycles. The standard InChI is InChI=1S/C15H15N3O2S/c1-9(8-10-4-3-7-20-10)18-15(19)14-12(16)13-11(21-14)5-2-6-17-13/h2-7,9H,8,16H2,1H3,(H,18,19). The largest absolute Gasteiger partial charge is 0.469 e. The van der Waals surface area contributed by atoms with Crippen LogP contribution in [0.2, 0.25) is 0 Å². The van der Waals surface area contributed by atoms with Crippen molar-refractivity contribution in [1.29, 1.82) is 0 Å². The van der Waals surface area contributed by atoms with Crippen molar-refractivity contribution in [1.82, 2.24) is 10.3 Å². The molecule has 21 heavy (non-hydrogen) atoms. The van der Waals surface area contributed by atoms with E-state index in [1.165, 1.54) is 11.3 Å². The van der Waals surface area contributed by atoms with Gasteiger partial charge in [0.1, 0.15) is 16.2 Å². The Kier molecular flexibility index (Phi) is 3.62. The van der Waals surface area contributed by atoms with E-state index >= 15 is 0 Å². The van der Waals surface area contributed by atoms with Gasteiger partial charge in [-0.15, -0.1) is 11.3 Å². The van der Waals surface area contributed by atoms with Gasteiger partial charge in [0, 0.05) is 18.7 Å². The van der Waals surface area contributed by atoms with Crippen LogP contribution in [0, 0.1) is 0 Å². The number of fused-ring (bicyclic) bond motifs is 1. The summed E-state index contributed by atoms with van der Waals surface area (Å²) in [4.78, 5) is 17.1. The summed E-state index contributed by atoms with van der Waals surface area (Å²) < 4.78 is 6.20. The van der Waals surface area contributed by atoms with Crippen molar-refractivity contribution in [3.05, 3.63) is 47.4 Å². The van der Waals surface area contributed by atoms with Crippen LogP contribution in [0.25, 0.3) is 10.2 Å². The van der Waals surface area contributed by atoms with E-state index in [1.54, 1.807) is 12.5 Å². The summed E-state index contributed by atoms with van der Waals surface area (Å²) in [5.41, 5.74) is 7.15. The number of nitrogens with two attached hydrogens (primary N) is 1. The van der Waals surface area contributed by atoms with Crippen LogP contribution in [0.5, 0.6) is 0 Å². The van der Waals surface area contributed by atoms with E-state index in [1.807, 2.05) is 31.2 Å². The number of anilines is 1. The van der Waals surface area contributed by atoms with Crippen molar-refractivity contribution in [2.75, 3.05) is 5.73 Å². The SMILES string of the molecule is CC(Cc1ccco1)NC(=O)c1sc2cccnc2c1N. The molecule has 3 rings (SSSR count). The van der Waals surface area contributed by atoms with E-state index < -0.39 is 0 Å². The lowest BCUT2D eigenvalue weighted by molar-refractivity contribution is 0.0944. The molecule has 0 fully saturated rings. The fourth-order valence-electron chi connectivity index (χ4n) is 2.19. The van der Waals surface area contributed by atoms with Gasteiger partial charge in [0.25, 0.3) is 5.91 Å². The second kappa shape index (κ2) is 5.57. The second-order valence-corrected chi connectivity index (χ2v) is 5.91. The molecule has 0 saturated carbocycles. The van der Waals surface area contributed by atoms with Crippen molar-refractivity contribution < 1.29 is 9.21 Å². The number of furan rings is 1. The number of carbonyl (C=O) groups excluding carboxylic acids is 1. The lowest BCUT2D eigenvalue weighted by atomic mass is 10.2. The Morgan fingerprint density at radius 2 is 2.33 bits per heavy atom. The number of nitrogen functional groups attached to an aromatic ring is 1. The number of rotatable bonds is 4. The van der Waals surface area contributed by atoms with Crippen LogP contribution in [0.3, 0.4) is 0 Å². The fraction of sp³-hybridized carbons (Fsp3) is 0.200. The predicted molar refractivity (Wildman–Crippen MR) is 83.4 cm³/mol. The summed E-state index contributed by atoms with van der Waals surface area (Å²) in [5.74, 6) is 0.670. The van der Waals surface area contributed by atoms with Crippen molar-refractivity contribution >= 4 is 33.1 Å². The van der Waals surface area contributed by atoms with Crippen molar-refractivity contribution in [2.45, 2.75) is 19.4 Å². The van der Waals surface area contributed by atoms with E-state index in [2.05, 4.69) is 10.3 Å². The topological polar surface area (TPSA) is 81.2 Å². The molecule has 5 nitrogen and oxygen atoms in total. The first-order valence-electron chi connectivity index (χ1n) is 6.61. The normalized spacial score (nSPS) is 12.4. The molecule has 0 spiro atoms. The zero-order valence-corrected chi connectivity index (χ0v) is 12.3. The number of hydrogen-bond acceptors (Lipinski definition) is 5. The molecule has 1 atom stereocenters. The van der Waals surface area contributed by atoms with Gasteiger partial charge in [-0.3, -0.25) is 9.78 Å². The quantitative estimate of drug-likeness (QED) is 0.776. The molecule has 0 aliphatic rings. The van der Waals surface area contributed by atoms with Gasteiger partial charge in [0.05, 0.1) is 16.7 Å². The molecule has 0 saturated heterocycles. The van der Waals surface area contributed by atoms with Gasteiger partial charge in [0.2, 0.25) is 0 Å². The smallest absolute Gasteiger partial charge is 0.263 e. The number of pyridine rings is 1. The molecule has 0 radical (unpaired) electrons. The Balaban J connectivity index is 1.76. The second-order valence-electron chi connectivity index (χ2n) is 4.85. The van der Waals surface area contributed by atoms with Crippen LogP contribution >= 0.6 is 11.3 Å². The maximum atomic E-state index is 12.3. The zero-order valence-electron chi connectivity index (χ0n) is 11.5. The summed E-state index contributed by atoms with van der Waals surface area (Å²) in [6.45, 7) is 1.93. The number of thiophene rings is 1. The Bertz CT molecular complexity index is 764. The van der Waals surface area contributed by atoms with Crippen LogP contribution < -0.4 is 11.1 Å². The highest BCUT2D eigenvalue weighted by Gasteiger charge is 2.19. The third kappa shape index (κ3) is 2.75. The van der Waals surface area contributed by atoms with Crippen LogP contribution in [0.15, 0.2) is 41.1 Å². The minimum atomic E-state index is -0.172. The monoisotopic (exact) mass is 301 g/mol. The first kappa shape index (κ1) is 13.6. The van der Waals surface area contributed by atoms with Gasteiger partial charge >= 0.3 is 0 Å². The third-order valence-corrected chi connectivity index (χ3v) is 4.31. The average Bonchev–Trinajstić information content (AvgIpc) is 3.07. The first-order valence-corrected chi connectivity index (χ1v) is 7.43.